The molecule has 0 aliphatic heterocycles. The number of unbranched alkanes of at least 4 members (excludes halogenated alkanes) is 2. The van der Waals surface area contributed by atoms with Crippen molar-refractivity contribution >= 4 is 0 Å². The van der Waals surface area contributed by atoms with Crippen LogP contribution in [0, 0.1) is 11.8 Å². The van der Waals surface area contributed by atoms with Gasteiger partial charge in [0, 0.05) is 13.2 Å². The smallest absolute Gasteiger partial charge is 0.0806 e. The Balaban J connectivity index is 2.43. The third-order valence-electron chi connectivity index (χ3n) is 4.74. The van der Waals surface area contributed by atoms with Crippen LogP contribution >= 0.6 is 0 Å². The van der Waals surface area contributed by atoms with Crippen LogP contribution in [0.3, 0.4) is 0 Å². The summed E-state index contributed by atoms with van der Waals surface area (Å²) in [6.07, 6.45) is 8.97. The van der Waals surface area contributed by atoms with E-state index in [1.807, 2.05) is 0 Å². The number of hydrogen-bond donors (Lipinski definition) is 1. The summed E-state index contributed by atoms with van der Waals surface area (Å²) in [5.74, 6) is 1.74. The molecule has 2 nitrogen and oxygen atoms in total. The molecule has 0 amide bonds. The molecular formula is C17H35NO. The quantitative estimate of drug-likeness (QED) is 0.627. The summed E-state index contributed by atoms with van der Waals surface area (Å²) in [6, 6.07) is 0. The lowest BCUT2D eigenvalue weighted by atomic mass is 9.74. The Kier molecular flexibility index (Phi) is 8.01. The Hall–Kier alpha value is -0.0800. The molecule has 1 rings (SSSR count). The molecule has 0 aromatic heterocycles. The minimum absolute atomic E-state index is 0.134. The van der Waals surface area contributed by atoms with E-state index in [-0.39, 0.29) is 5.60 Å². The highest BCUT2D eigenvalue weighted by Gasteiger charge is 2.36. The van der Waals surface area contributed by atoms with Gasteiger partial charge in [0.15, 0.2) is 0 Å². The average Bonchev–Trinajstić information content (AvgIpc) is 2.42. The Morgan fingerprint density at radius 3 is 2.37 bits per heavy atom. The largest absolute Gasteiger partial charge is 0.374 e. The van der Waals surface area contributed by atoms with Crippen LogP contribution in [-0.4, -0.2) is 25.3 Å². The van der Waals surface area contributed by atoms with Gasteiger partial charge in [0.25, 0.3) is 0 Å². The molecule has 1 aliphatic rings. The second-order valence-corrected chi connectivity index (χ2v) is 6.60. The molecular weight excluding hydrogens is 234 g/mol. The molecule has 0 aromatic carbocycles. The summed E-state index contributed by atoms with van der Waals surface area (Å²) in [7, 11) is 0. The van der Waals surface area contributed by atoms with E-state index in [2.05, 4.69) is 33.0 Å². The third-order valence-corrected chi connectivity index (χ3v) is 4.74. The Morgan fingerprint density at radius 1 is 1.16 bits per heavy atom. The second kappa shape index (κ2) is 8.97. The van der Waals surface area contributed by atoms with Gasteiger partial charge in [-0.3, -0.25) is 0 Å². The Morgan fingerprint density at radius 2 is 1.84 bits per heavy atom. The van der Waals surface area contributed by atoms with E-state index in [1.54, 1.807) is 0 Å². The molecule has 1 saturated carbocycles. The minimum Gasteiger partial charge on any atom is -0.374 e. The molecule has 19 heavy (non-hydrogen) atoms. The SMILES string of the molecule is CCCCCOC1(CNCC)CCC(C(C)C)CC1. The Bertz CT molecular complexity index is 219. The van der Waals surface area contributed by atoms with E-state index in [1.165, 1.54) is 44.9 Å². The van der Waals surface area contributed by atoms with Crippen molar-refractivity contribution in [2.75, 3.05) is 19.7 Å². The minimum atomic E-state index is 0.134. The normalized spacial score (nSPS) is 27.9. The first-order valence-electron chi connectivity index (χ1n) is 8.48. The highest BCUT2D eigenvalue weighted by atomic mass is 16.5. The van der Waals surface area contributed by atoms with E-state index in [9.17, 15) is 0 Å². The van der Waals surface area contributed by atoms with Crippen LogP contribution in [0.15, 0.2) is 0 Å². The summed E-state index contributed by atoms with van der Waals surface area (Å²) < 4.78 is 6.34. The van der Waals surface area contributed by atoms with Crippen LogP contribution < -0.4 is 5.32 Å². The van der Waals surface area contributed by atoms with Gasteiger partial charge in [0.2, 0.25) is 0 Å². The number of hydrogen-bond acceptors (Lipinski definition) is 2. The molecule has 0 atom stereocenters. The second-order valence-electron chi connectivity index (χ2n) is 6.60. The average molecular weight is 269 g/mol. The molecule has 2 heteroatoms. The zero-order chi connectivity index (χ0) is 14.1. The lowest BCUT2D eigenvalue weighted by molar-refractivity contribution is -0.0802. The molecule has 1 N–H and O–H groups in total. The zero-order valence-electron chi connectivity index (χ0n) is 13.6. The maximum Gasteiger partial charge on any atom is 0.0806 e. The van der Waals surface area contributed by atoms with Crippen molar-refractivity contribution in [1.82, 2.24) is 5.32 Å². The van der Waals surface area contributed by atoms with Crippen molar-refractivity contribution in [2.24, 2.45) is 11.8 Å². The van der Waals surface area contributed by atoms with Gasteiger partial charge in [-0.2, -0.15) is 0 Å². The monoisotopic (exact) mass is 269 g/mol. The van der Waals surface area contributed by atoms with Gasteiger partial charge < -0.3 is 10.1 Å². The molecule has 1 fully saturated rings. The highest BCUT2D eigenvalue weighted by Crippen LogP contribution is 2.37. The summed E-state index contributed by atoms with van der Waals surface area (Å²) >= 11 is 0. The summed E-state index contributed by atoms with van der Waals surface area (Å²) in [4.78, 5) is 0. The van der Waals surface area contributed by atoms with Crippen LogP contribution in [0.1, 0.15) is 72.6 Å². The number of nitrogens with one attached hydrogen (secondary N) is 1. The van der Waals surface area contributed by atoms with Crippen LogP contribution in [-0.2, 0) is 4.74 Å². The van der Waals surface area contributed by atoms with Gasteiger partial charge in [-0.05, 0) is 50.5 Å². The number of ether oxygens (including phenoxy) is 1. The predicted molar refractivity (Wildman–Crippen MR) is 83.5 cm³/mol. The van der Waals surface area contributed by atoms with Gasteiger partial charge in [0.05, 0.1) is 5.60 Å². The van der Waals surface area contributed by atoms with Crippen molar-refractivity contribution in [3.63, 3.8) is 0 Å². The van der Waals surface area contributed by atoms with Crippen molar-refractivity contribution in [1.29, 1.82) is 0 Å². The fraction of sp³-hybridized carbons (Fsp3) is 1.00. The van der Waals surface area contributed by atoms with E-state index in [4.69, 9.17) is 4.74 Å². The first-order chi connectivity index (χ1) is 9.13. The Labute approximate surface area is 120 Å². The molecule has 0 saturated heterocycles. The van der Waals surface area contributed by atoms with Crippen molar-refractivity contribution in [3.05, 3.63) is 0 Å². The lowest BCUT2D eigenvalue weighted by Crippen LogP contribution is -2.46. The standard InChI is InChI=1S/C17H35NO/c1-5-7-8-13-19-17(14-18-6-2)11-9-16(10-12-17)15(3)4/h15-16,18H,5-14H2,1-4H3. The van der Waals surface area contributed by atoms with Crippen LogP contribution in [0.4, 0.5) is 0 Å². The molecule has 0 heterocycles. The van der Waals surface area contributed by atoms with Gasteiger partial charge in [-0.15, -0.1) is 0 Å². The maximum atomic E-state index is 6.34. The van der Waals surface area contributed by atoms with E-state index in [0.29, 0.717) is 0 Å². The van der Waals surface area contributed by atoms with E-state index < -0.39 is 0 Å². The predicted octanol–water partition coefficient (Wildman–Crippen LogP) is 4.39. The molecule has 1 aliphatic carbocycles. The van der Waals surface area contributed by atoms with Crippen molar-refractivity contribution in [3.8, 4) is 0 Å². The summed E-state index contributed by atoms with van der Waals surface area (Å²) in [5, 5.41) is 3.52. The maximum absolute atomic E-state index is 6.34. The fourth-order valence-electron chi connectivity index (χ4n) is 3.20. The summed E-state index contributed by atoms with van der Waals surface area (Å²) in [6.45, 7) is 12.2. The van der Waals surface area contributed by atoms with Crippen LogP contribution in [0.5, 0.6) is 0 Å². The van der Waals surface area contributed by atoms with Gasteiger partial charge in [0.1, 0.15) is 0 Å². The first-order valence-corrected chi connectivity index (χ1v) is 8.48. The van der Waals surface area contributed by atoms with Gasteiger partial charge in [-0.25, -0.2) is 0 Å². The molecule has 0 spiro atoms. The van der Waals surface area contributed by atoms with E-state index in [0.717, 1.165) is 31.5 Å². The first kappa shape index (κ1) is 17.0. The highest BCUT2D eigenvalue weighted by molar-refractivity contribution is 4.90. The molecule has 0 radical (unpaired) electrons. The molecule has 114 valence electrons. The van der Waals surface area contributed by atoms with Gasteiger partial charge in [-0.1, -0.05) is 40.5 Å². The van der Waals surface area contributed by atoms with Gasteiger partial charge >= 0.3 is 0 Å². The number of likely N-dealkylation sites (N-methyl/N-ethyl adjacent to an activating group) is 1. The van der Waals surface area contributed by atoms with Crippen LogP contribution in [0.25, 0.3) is 0 Å². The fourth-order valence-corrected chi connectivity index (χ4v) is 3.20. The van der Waals surface area contributed by atoms with Crippen molar-refractivity contribution < 1.29 is 4.74 Å². The molecule has 0 aromatic rings. The molecule has 0 unspecified atom stereocenters. The van der Waals surface area contributed by atoms with Crippen LogP contribution in [0.2, 0.25) is 0 Å². The third kappa shape index (κ3) is 5.83. The summed E-state index contributed by atoms with van der Waals surface area (Å²) in [5.41, 5.74) is 0.134. The zero-order valence-corrected chi connectivity index (χ0v) is 13.6. The van der Waals surface area contributed by atoms with E-state index >= 15 is 0 Å². The topological polar surface area (TPSA) is 21.3 Å². The van der Waals surface area contributed by atoms with Crippen molar-refractivity contribution in [2.45, 2.75) is 78.2 Å². The molecule has 0 bridgehead atoms. The number of rotatable bonds is 9. The lowest BCUT2D eigenvalue weighted by Gasteiger charge is -2.41.